The number of carbonyl (C=O) groups excluding carboxylic acids is 1. The first-order valence-corrected chi connectivity index (χ1v) is 8.70. The first-order chi connectivity index (χ1) is 11.6. The van der Waals surface area contributed by atoms with Crippen LogP contribution in [-0.2, 0) is 11.2 Å². The van der Waals surface area contributed by atoms with E-state index in [2.05, 4.69) is 27.0 Å². The predicted octanol–water partition coefficient (Wildman–Crippen LogP) is 4.13. The van der Waals surface area contributed by atoms with Gasteiger partial charge in [-0.25, -0.2) is 0 Å². The molecule has 0 bridgehead atoms. The fourth-order valence-electron chi connectivity index (χ4n) is 3.65. The first kappa shape index (κ1) is 15.3. The van der Waals surface area contributed by atoms with Crippen LogP contribution < -0.4 is 0 Å². The molecule has 4 rings (SSSR count). The molecule has 5 heteroatoms. The molecule has 0 aliphatic carbocycles. The van der Waals surface area contributed by atoms with E-state index >= 15 is 0 Å². The second-order valence-electron chi connectivity index (χ2n) is 6.13. The van der Waals surface area contributed by atoms with E-state index in [1.807, 2.05) is 29.2 Å². The number of carbonyl (C=O) groups is 1. The number of hydrogen-bond acceptors (Lipinski definition) is 2. The van der Waals surface area contributed by atoms with Gasteiger partial charge in [-0.3, -0.25) is 4.79 Å². The van der Waals surface area contributed by atoms with Crippen LogP contribution in [0.3, 0.4) is 0 Å². The summed E-state index contributed by atoms with van der Waals surface area (Å²) < 4.78 is 0.877. The van der Waals surface area contributed by atoms with Crippen LogP contribution in [0.25, 0.3) is 10.9 Å². The first-order valence-electron chi connectivity index (χ1n) is 7.91. The van der Waals surface area contributed by atoms with Gasteiger partial charge < -0.3 is 15.0 Å². The summed E-state index contributed by atoms with van der Waals surface area (Å²) in [5, 5.41) is 11.6. The number of phenols is 1. The molecule has 1 atom stereocenters. The lowest BCUT2D eigenvalue weighted by Gasteiger charge is -2.35. The number of amides is 1. The molecule has 4 nitrogen and oxygen atoms in total. The number of nitrogens with zero attached hydrogens (tertiary/aromatic N) is 1. The molecule has 1 unspecified atom stereocenters. The van der Waals surface area contributed by atoms with Crippen molar-refractivity contribution in [1.82, 2.24) is 9.88 Å². The van der Waals surface area contributed by atoms with Crippen LogP contribution in [0.1, 0.15) is 29.8 Å². The molecule has 0 saturated carbocycles. The van der Waals surface area contributed by atoms with E-state index in [4.69, 9.17) is 0 Å². The summed E-state index contributed by atoms with van der Waals surface area (Å²) in [5.74, 6) is 0.199. The molecule has 1 aromatic heterocycles. The summed E-state index contributed by atoms with van der Waals surface area (Å²) in [5.41, 5.74) is 4.01. The number of rotatable bonds is 1. The molecule has 0 fully saturated rings. The van der Waals surface area contributed by atoms with Gasteiger partial charge in [0.1, 0.15) is 11.8 Å². The van der Waals surface area contributed by atoms with Crippen molar-refractivity contribution in [2.45, 2.75) is 19.4 Å². The second-order valence-corrected chi connectivity index (χ2v) is 7.05. The normalized spacial score (nSPS) is 17.1. The van der Waals surface area contributed by atoms with Crippen LogP contribution in [0.15, 0.2) is 46.9 Å². The summed E-state index contributed by atoms with van der Waals surface area (Å²) in [4.78, 5) is 17.5. The van der Waals surface area contributed by atoms with Gasteiger partial charge in [0.15, 0.2) is 0 Å². The average Bonchev–Trinajstić information content (AvgIpc) is 2.95. The van der Waals surface area contributed by atoms with Crippen LogP contribution in [0.4, 0.5) is 0 Å². The Bertz CT molecular complexity index is 948. The molecular formula is C19H17BrN2O2. The van der Waals surface area contributed by atoms with Crippen molar-refractivity contribution < 1.29 is 9.90 Å². The van der Waals surface area contributed by atoms with Gasteiger partial charge in [0.05, 0.1) is 0 Å². The van der Waals surface area contributed by atoms with Crippen molar-refractivity contribution in [2.24, 2.45) is 0 Å². The fraction of sp³-hybridized carbons (Fsp3) is 0.211. The monoisotopic (exact) mass is 384 g/mol. The fourth-order valence-corrected chi connectivity index (χ4v) is 4.03. The molecule has 0 radical (unpaired) electrons. The third-order valence-electron chi connectivity index (χ3n) is 4.72. The minimum absolute atomic E-state index is 0.00341. The molecule has 2 N–H and O–H groups in total. The number of para-hydroxylation sites is 1. The van der Waals surface area contributed by atoms with Crippen LogP contribution >= 0.6 is 15.9 Å². The van der Waals surface area contributed by atoms with Crippen LogP contribution in [0, 0.1) is 0 Å². The minimum atomic E-state index is -0.309. The van der Waals surface area contributed by atoms with Gasteiger partial charge in [-0.15, -0.1) is 0 Å². The molecule has 2 aromatic carbocycles. The second kappa shape index (κ2) is 5.67. The number of phenolic OH excluding ortho intramolecular Hbond substituents is 1. The van der Waals surface area contributed by atoms with Crippen molar-refractivity contribution in [2.75, 3.05) is 6.54 Å². The van der Waals surface area contributed by atoms with Gasteiger partial charge in [-0.05, 0) is 36.2 Å². The summed E-state index contributed by atoms with van der Waals surface area (Å²) in [6, 6.07) is 13.2. The molecule has 1 aliphatic heterocycles. The largest absolute Gasteiger partial charge is 0.508 e. The van der Waals surface area contributed by atoms with Gasteiger partial charge in [0.2, 0.25) is 5.91 Å². The van der Waals surface area contributed by atoms with Crippen molar-refractivity contribution >= 4 is 32.7 Å². The molecule has 1 aliphatic rings. The highest BCUT2D eigenvalue weighted by atomic mass is 79.9. The lowest BCUT2D eigenvalue weighted by atomic mass is 9.92. The van der Waals surface area contributed by atoms with Gasteiger partial charge in [0.25, 0.3) is 0 Å². The van der Waals surface area contributed by atoms with Crippen LogP contribution in [-0.4, -0.2) is 27.4 Å². The zero-order valence-electron chi connectivity index (χ0n) is 13.2. The van der Waals surface area contributed by atoms with Crippen molar-refractivity contribution in [1.29, 1.82) is 0 Å². The summed E-state index contributed by atoms with van der Waals surface area (Å²) in [7, 11) is 0. The number of benzene rings is 2. The highest BCUT2D eigenvalue weighted by molar-refractivity contribution is 9.10. The number of hydrogen-bond donors (Lipinski definition) is 2. The molecule has 0 spiro atoms. The minimum Gasteiger partial charge on any atom is -0.508 e. The molecule has 122 valence electrons. The Morgan fingerprint density at radius 1 is 1.29 bits per heavy atom. The smallest absolute Gasteiger partial charge is 0.220 e. The predicted molar refractivity (Wildman–Crippen MR) is 97.0 cm³/mol. The molecule has 24 heavy (non-hydrogen) atoms. The Kier molecular flexibility index (Phi) is 3.61. The van der Waals surface area contributed by atoms with E-state index < -0.39 is 0 Å². The SMILES string of the molecule is CC(=O)N1CCc2c([nH]c3ccccc23)C1c1cc(Br)ccc1O. The van der Waals surface area contributed by atoms with Crippen LogP contribution in [0.5, 0.6) is 5.75 Å². The Morgan fingerprint density at radius 3 is 2.88 bits per heavy atom. The number of H-pyrrole nitrogens is 1. The highest BCUT2D eigenvalue weighted by Crippen LogP contribution is 2.41. The molecule has 1 amide bonds. The number of fused-ring (bicyclic) bond motifs is 3. The maximum absolute atomic E-state index is 12.2. The van der Waals surface area contributed by atoms with Crippen molar-refractivity contribution in [3.63, 3.8) is 0 Å². The summed E-state index contributed by atoms with van der Waals surface area (Å²) in [6.07, 6.45) is 0.810. The van der Waals surface area contributed by atoms with E-state index in [0.29, 0.717) is 6.54 Å². The van der Waals surface area contributed by atoms with Crippen molar-refractivity contribution in [3.05, 3.63) is 63.8 Å². The molecule has 3 aromatic rings. The van der Waals surface area contributed by atoms with E-state index in [0.717, 1.165) is 27.7 Å². The standard InChI is InChI=1S/C19H17BrN2O2/c1-11(23)22-9-8-14-13-4-2-3-5-16(13)21-18(14)19(22)15-10-12(20)6-7-17(15)24/h2-7,10,19,21,24H,8-9H2,1H3. The van der Waals surface area contributed by atoms with Crippen LogP contribution in [0.2, 0.25) is 0 Å². The zero-order valence-corrected chi connectivity index (χ0v) is 14.8. The Morgan fingerprint density at radius 2 is 2.08 bits per heavy atom. The zero-order chi connectivity index (χ0) is 16.8. The number of aromatic nitrogens is 1. The highest BCUT2D eigenvalue weighted by Gasteiger charge is 2.34. The Balaban J connectivity index is 1.98. The van der Waals surface area contributed by atoms with Crippen molar-refractivity contribution in [3.8, 4) is 5.75 Å². The van der Waals surface area contributed by atoms with Gasteiger partial charge in [0, 0.05) is 40.1 Å². The Labute approximate surface area is 148 Å². The topological polar surface area (TPSA) is 56.3 Å². The van der Waals surface area contributed by atoms with E-state index in [-0.39, 0.29) is 17.7 Å². The maximum Gasteiger partial charge on any atom is 0.220 e. The van der Waals surface area contributed by atoms with E-state index in [1.165, 1.54) is 10.9 Å². The lowest BCUT2D eigenvalue weighted by Crippen LogP contribution is -2.39. The average molecular weight is 385 g/mol. The summed E-state index contributed by atoms with van der Waals surface area (Å²) in [6.45, 7) is 2.22. The molecule has 2 heterocycles. The quantitative estimate of drug-likeness (QED) is 0.662. The number of nitrogens with one attached hydrogen (secondary N) is 1. The van der Waals surface area contributed by atoms with Gasteiger partial charge >= 0.3 is 0 Å². The molecular weight excluding hydrogens is 368 g/mol. The maximum atomic E-state index is 12.2. The third-order valence-corrected chi connectivity index (χ3v) is 5.22. The van der Waals surface area contributed by atoms with Gasteiger partial charge in [-0.2, -0.15) is 0 Å². The van der Waals surface area contributed by atoms with Gasteiger partial charge in [-0.1, -0.05) is 34.1 Å². The number of aromatic hydroxyl groups is 1. The number of aromatic amines is 1. The third kappa shape index (κ3) is 2.31. The van der Waals surface area contributed by atoms with E-state index in [1.54, 1.807) is 19.1 Å². The number of halogens is 1. The summed E-state index contributed by atoms with van der Waals surface area (Å²) >= 11 is 3.47. The Hall–Kier alpha value is -2.27. The van der Waals surface area contributed by atoms with E-state index in [9.17, 15) is 9.90 Å². The lowest BCUT2D eigenvalue weighted by molar-refractivity contribution is -0.130. The molecule has 0 saturated heterocycles.